The molecular formula is C17H19FN2O3S. The summed E-state index contributed by atoms with van der Waals surface area (Å²) < 4.78 is 39.1. The predicted molar refractivity (Wildman–Crippen MR) is 93.0 cm³/mol. The summed E-state index contributed by atoms with van der Waals surface area (Å²) in [5.74, 6) is -1.26. The molecule has 0 aliphatic carbocycles. The average molecular weight is 350 g/mol. The van der Waals surface area contributed by atoms with E-state index < -0.39 is 27.8 Å². The van der Waals surface area contributed by atoms with Crippen LogP contribution < -0.4 is 9.62 Å². The molecule has 1 N–H and O–H groups in total. The van der Waals surface area contributed by atoms with Gasteiger partial charge in [0.25, 0.3) is 0 Å². The van der Waals surface area contributed by atoms with E-state index in [1.807, 2.05) is 13.0 Å². The minimum Gasteiger partial charge on any atom is -0.324 e. The Morgan fingerprint density at radius 1 is 1.17 bits per heavy atom. The van der Waals surface area contributed by atoms with Crippen LogP contribution in [0.1, 0.15) is 12.5 Å². The Morgan fingerprint density at radius 3 is 2.42 bits per heavy atom. The van der Waals surface area contributed by atoms with Crippen molar-refractivity contribution in [3.05, 3.63) is 59.9 Å². The minimum absolute atomic E-state index is 0.160. The molecule has 0 saturated carbocycles. The van der Waals surface area contributed by atoms with Gasteiger partial charge in [-0.05, 0) is 43.7 Å². The van der Waals surface area contributed by atoms with Gasteiger partial charge in [-0.15, -0.1) is 0 Å². The van der Waals surface area contributed by atoms with E-state index in [9.17, 15) is 17.6 Å². The van der Waals surface area contributed by atoms with Gasteiger partial charge in [-0.3, -0.25) is 9.10 Å². The fourth-order valence-corrected chi connectivity index (χ4v) is 3.56. The number of carbonyl (C=O) groups excluding carboxylic acids is 1. The molecule has 7 heteroatoms. The zero-order valence-electron chi connectivity index (χ0n) is 13.7. The van der Waals surface area contributed by atoms with Crippen LogP contribution in [0.3, 0.4) is 0 Å². The van der Waals surface area contributed by atoms with Crippen LogP contribution in [0, 0.1) is 12.7 Å². The van der Waals surface area contributed by atoms with Crippen molar-refractivity contribution in [2.45, 2.75) is 19.9 Å². The number of amides is 1. The summed E-state index contributed by atoms with van der Waals surface area (Å²) in [7, 11) is -3.85. The summed E-state index contributed by atoms with van der Waals surface area (Å²) in [6.07, 6.45) is 0.940. The zero-order valence-corrected chi connectivity index (χ0v) is 14.5. The van der Waals surface area contributed by atoms with Gasteiger partial charge in [0.1, 0.15) is 11.9 Å². The number of hydrogen-bond acceptors (Lipinski definition) is 3. The van der Waals surface area contributed by atoms with Gasteiger partial charge in [0, 0.05) is 5.69 Å². The number of carbonyl (C=O) groups is 1. The molecule has 24 heavy (non-hydrogen) atoms. The number of halogens is 1. The van der Waals surface area contributed by atoms with Crippen molar-refractivity contribution < 1.29 is 17.6 Å². The normalized spacial score (nSPS) is 12.5. The molecule has 2 aromatic carbocycles. The van der Waals surface area contributed by atoms with Crippen LogP contribution in [0.5, 0.6) is 0 Å². The van der Waals surface area contributed by atoms with Gasteiger partial charge >= 0.3 is 0 Å². The summed E-state index contributed by atoms with van der Waals surface area (Å²) in [6.45, 7) is 3.29. The van der Waals surface area contributed by atoms with Crippen LogP contribution in [0.25, 0.3) is 0 Å². The van der Waals surface area contributed by atoms with Crippen LogP contribution >= 0.6 is 0 Å². The molecule has 1 unspecified atom stereocenters. The smallest absolute Gasteiger partial charge is 0.247 e. The van der Waals surface area contributed by atoms with Crippen molar-refractivity contribution in [1.29, 1.82) is 0 Å². The number of benzene rings is 2. The number of para-hydroxylation sites is 1. The zero-order chi connectivity index (χ0) is 17.9. The molecule has 0 heterocycles. The Bertz CT molecular complexity index is 852. The molecule has 0 radical (unpaired) electrons. The van der Waals surface area contributed by atoms with E-state index in [0.29, 0.717) is 5.69 Å². The molecule has 128 valence electrons. The summed E-state index contributed by atoms with van der Waals surface area (Å²) in [4.78, 5) is 12.5. The molecule has 0 bridgehead atoms. The monoisotopic (exact) mass is 350 g/mol. The fraction of sp³-hybridized carbons (Fsp3) is 0.235. The van der Waals surface area contributed by atoms with Gasteiger partial charge in [0.05, 0.1) is 11.9 Å². The number of nitrogens with zero attached hydrogens (tertiary/aromatic N) is 1. The van der Waals surface area contributed by atoms with Crippen molar-refractivity contribution in [2.75, 3.05) is 15.9 Å². The lowest BCUT2D eigenvalue weighted by Gasteiger charge is -2.28. The Hall–Kier alpha value is -2.41. The van der Waals surface area contributed by atoms with E-state index >= 15 is 0 Å². The third-order valence-corrected chi connectivity index (χ3v) is 4.69. The number of hydrogen-bond donors (Lipinski definition) is 1. The highest BCUT2D eigenvalue weighted by Crippen LogP contribution is 2.24. The van der Waals surface area contributed by atoms with E-state index in [1.54, 1.807) is 18.2 Å². The summed E-state index contributed by atoms with van der Waals surface area (Å²) in [6, 6.07) is 11.5. The lowest BCUT2D eigenvalue weighted by molar-refractivity contribution is -0.116. The average Bonchev–Trinajstić information content (AvgIpc) is 2.48. The maximum absolute atomic E-state index is 14.0. The molecule has 2 aromatic rings. The summed E-state index contributed by atoms with van der Waals surface area (Å²) >= 11 is 0. The van der Waals surface area contributed by atoms with Gasteiger partial charge in [-0.1, -0.05) is 24.3 Å². The van der Waals surface area contributed by atoms with Crippen molar-refractivity contribution >= 4 is 27.3 Å². The van der Waals surface area contributed by atoms with Gasteiger partial charge in [0.15, 0.2) is 0 Å². The summed E-state index contributed by atoms with van der Waals surface area (Å²) in [5, 5.41) is 2.66. The second kappa shape index (κ2) is 7.00. The van der Waals surface area contributed by atoms with Crippen LogP contribution in [0.15, 0.2) is 48.5 Å². The van der Waals surface area contributed by atoms with E-state index in [0.717, 1.165) is 22.2 Å². The SMILES string of the molecule is Cc1cccc(NC(=O)C(C)N(c2ccccc2F)S(C)(=O)=O)c1. The molecular weight excluding hydrogens is 331 g/mol. The van der Waals surface area contributed by atoms with Crippen molar-refractivity contribution in [3.8, 4) is 0 Å². The molecule has 0 spiro atoms. The van der Waals surface area contributed by atoms with E-state index in [4.69, 9.17) is 0 Å². The highest BCUT2D eigenvalue weighted by Gasteiger charge is 2.30. The van der Waals surface area contributed by atoms with Crippen LogP contribution in [-0.2, 0) is 14.8 Å². The number of aryl methyl sites for hydroxylation is 1. The van der Waals surface area contributed by atoms with E-state index in [-0.39, 0.29) is 5.69 Å². The Morgan fingerprint density at radius 2 is 1.83 bits per heavy atom. The quantitative estimate of drug-likeness (QED) is 0.902. The molecule has 2 rings (SSSR count). The van der Waals surface area contributed by atoms with Crippen molar-refractivity contribution in [1.82, 2.24) is 0 Å². The Labute approximate surface area is 141 Å². The first-order valence-corrected chi connectivity index (χ1v) is 9.16. The second-order valence-electron chi connectivity index (χ2n) is 5.54. The molecule has 1 amide bonds. The first kappa shape index (κ1) is 17.9. The first-order chi connectivity index (χ1) is 11.2. The fourth-order valence-electron chi connectivity index (χ4n) is 2.38. The third-order valence-electron chi connectivity index (χ3n) is 3.46. The van der Waals surface area contributed by atoms with Crippen LogP contribution in [0.4, 0.5) is 15.8 Å². The van der Waals surface area contributed by atoms with Crippen molar-refractivity contribution in [3.63, 3.8) is 0 Å². The Balaban J connectivity index is 2.33. The van der Waals surface area contributed by atoms with E-state index in [2.05, 4.69) is 5.32 Å². The molecule has 1 atom stereocenters. The molecule has 0 fully saturated rings. The second-order valence-corrected chi connectivity index (χ2v) is 7.40. The van der Waals surface area contributed by atoms with E-state index in [1.165, 1.54) is 25.1 Å². The maximum atomic E-state index is 14.0. The minimum atomic E-state index is -3.85. The summed E-state index contributed by atoms with van der Waals surface area (Å²) in [5.41, 5.74) is 1.34. The molecule has 0 saturated heterocycles. The number of rotatable bonds is 5. The molecule has 5 nitrogen and oxygen atoms in total. The largest absolute Gasteiger partial charge is 0.324 e. The third kappa shape index (κ3) is 4.11. The van der Waals surface area contributed by atoms with Gasteiger partial charge < -0.3 is 5.32 Å². The number of anilines is 2. The highest BCUT2D eigenvalue weighted by molar-refractivity contribution is 7.92. The van der Waals surface area contributed by atoms with Gasteiger partial charge in [-0.2, -0.15) is 0 Å². The topological polar surface area (TPSA) is 66.5 Å². The van der Waals surface area contributed by atoms with Crippen LogP contribution in [-0.4, -0.2) is 26.6 Å². The lowest BCUT2D eigenvalue weighted by Crippen LogP contribution is -2.45. The maximum Gasteiger partial charge on any atom is 0.247 e. The van der Waals surface area contributed by atoms with Crippen LogP contribution in [0.2, 0.25) is 0 Å². The number of nitrogens with one attached hydrogen (secondary N) is 1. The standard InChI is InChI=1S/C17H19FN2O3S/c1-12-7-6-8-14(11-12)19-17(21)13(2)20(24(3,22)23)16-10-5-4-9-15(16)18/h4-11,13H,1-3H3,(H,19,21). The Kier molecular flexibility index (Phi) is 5.23. The number of sulfonamides is 1. The van der Waals surface area contributed by atoms with Gasteiger partial charge in [-0.25, -0.2) is 12.8 Å². The predicted octanol–water partition coefficient (Wildman–Crippen LogP) is 2.93. The lowest BCUT2D eigenvalue weighted by atomic mass is 10.2. The molecule has 0 aromatic heterocycles. The molecule has 0 aliphatic heterocycles. The van der Waals surface area contributed by atoms with Crippen molar-refractivity contribution in [2.24, 2.45) is 0 Å². The highest BCUT2D eigenvalue weighted by atomic mass is 32.2. The molecule has 0 aliphatic rings. The first-order valence-electron chi connectivity index (χ1n) is 7.31. The van der Waals surface area contributed by atoms with Gasteiger partial charge in [0.2, 0.25) is 15.9 Å².